The normalized spacial score (nSPS) is 14.6. The van der Waals surface area contributed by atoms with Gasteiger partial charge in [0, 0.05) is 69.6 Å². The maximum absolute atomic E-state index is 5.55. The van der Waals surface area contributed by atoms with E-state index in [1.54, 1.807) is 27.6 Å². The molecule has 1 aliphatic rings. The van der Waals surface area contributed by atoms with Crippen LogP contribution in [-0.2, 0) is 13.0 Å². The fourth-order valence-corrected chi connectivity index (χ4v) is 3.69. The number of ether oxygens (including phenoxy) is 3. The average molecular weight is 559 g/mol. The number of methoxy groups -OCH3 is 3. The van der Waals surface area contributed by atoms with Crippen LogP contribution in [0.4, 0.5) is 0 Å². The van der Waals surface area contributed by atoms with Gasteiger partial charge in [-0.3, -0.25) is 9.89 Å². The molecule has 0 saturated carbocycles. The lowest BCUT2D eigenvalue weighted by molar-refractivity contribution is 0.169. The van der Waals surface area contributed by atoms with Gasteiger partial charge >= 0.3 is 0 Å². The van der Waals surface area contributed by atoms with Crippen molar-refractivity contribution >= 4 is 29.9 Å². The minimum Gasteiger partial charge on any atom is -0.496 e. The second kappa shape index (κ2) is 13.4. The highest BCUT2D eigenvalue weighted by Gasteiger charge is 2.20. The van der Waals surface area contributed by atoms with Crippen molar-refractivity contribution in [3.05, 3.63) is 35.7 Å². The molecule has 1 aliphatic heterocycles. The monoisotopic (exact) mass is 559 g/mol. The van der Waals surface area contributed by atoms with Gasteiger partial charge in [0.1, 0.15) is 23.5 Å². The maximum atomic E-state index is 5.55. The summed E-state index contributed by atoms with van der Waals surface area (Å²) >= 11 is 0. The van der Waals surface area contributed by atoms with Gasteiger partial charge < -0.3 is 29.0 Å². The van der Waals surface area contributed by atoms with Gasteiger partial charge in [0.05, 0.1) is 27.0 Å². The number of nitrogens with one attached hydrogen (secondary N) is 1. The molecule has 0 unspecified atom stereocenters. The van der Waals surface area contributed by atoms with E-state index in [1.807, 2.05) is 18.2 Å². The van der Waals surface area contributed by atoms with Gasteiger partial charge in [0.2, 0.25) is 0 Å². The van der Waals surface area contributed by atoms with Crippen LogP contribution in [0.25, 0.3) is 0 Å². The van der Waals surface area contributed by atoms with Crippen LogP contribution in [0.15, 0.2) is 34.0 Å². The maximum Gasteiger partial charge on any atom is 0.194 e. The Balaban J connectivity index is 0.00000363. The predicted molar refractivity (Wildman–Crippen MR) is 135 cm³/mol. The van der Waals surface area contributed by atoms with E-state index in [9.17, 15) is 0 Å². The number of guanidine groups is 1. The van der Waals surface area contributed by atoms with Crippen molar-refractivity contribution in [2.75, 3.05) is 60.6 Å². The smallest absolute Gasteiger partial charge is 0.194 e. The van der Waals surface area contributed by atoms with Crippen LogP contribution >= 0.6 is 24.0 Å². The highest BCUT2D eigenvalue weighted by Crippen LogP contribution is 2.34. The summed E-state index contributed by atoms with van der Waals surface area (Å²) in [6, 6.07) is 5.67. The summed E-state index contributed by atoms with van der Waals surface area (Å²) in [5.41, 5.74) is 1.96. The minimum absolute atomic E-state index is 0. The number of rotatable bonds is 9. The Hall–Kier alpha value is -2.21. The Kier molecular flexibility index (Phi) is 10.9. The number of piperazine rings is 1. The fourth-order valence-electron chi connectivity index (χ4n) is 3.69. The number of nitrogens with zero attached hydrogens (tertiary/aromatic N) is 4. The predicted octanol–water partition coefficient (Wildman–Crippen LogP) is 2.64. The standard InChI is InChI=1S/C22H33N5O4.HI/c1-5-23-22(27-11-9-26(10-12-27)16-17-7-13-31-25-17)24-8-6-19-20(29-3)14-18(28-2)15-21(19)30-4;/h7,13-15H,5-6,8-12,16H2,1-4H3,(H,23,24);1H. The van der Waals surface area contributed by atoms with Crippen LogP contribution in [0, 0.1) is 0 Å². The van der Waals surface area contributed by atoms with Gasteiger partial charge in [0.15, 0.2) is 5.96 Å². The van der Waals surface area contributed by atoms with Crippen molar-refractivity contribution in [2.24, 2.45) is 4.99 Å². The molecule has 178 valence electrons. The third-order valence-corrected chi connectivity index (χ3v) is 5.32. The number of hydrogen-bond donors (Lipinski definition) is 1. The van der Waals surface area contributed by atoms with Gasteiger partial charge in [-0.05, 0) is 13.3 Å². The van der Waals surface area contributed by atoms with Crippen LogP contribution in [0.1, 0.15) is 18.2 Å². The van der Waals surface area contributed by atoms with E-state index < -0.39 is 0 Å². The van der Waals surface area contributed by atoms with Gasteiger partial charge in [-0.15, -0.1) is 24.0 Å². The van der Waals surface area contributed by atoms with Crippen LogP contribution < -0.4 is 19.5 Å². The van der Waals surface area contributed by atoms with E-state index in [-0.39, 0.29) is 24.0 Å². The number of aliphatic imine (C=N–C) groups is 1. The van der Waals surface area contributed by atoms with E-state index >= 15 is 0 Å². The van der Waals surface area contributed by atoms with E-state index in [4.69, 9.17) is 23.7 Å². The molecule has 0 bridgehead atoms. The van der Waals surface area contributed by atoms with E-state index in [2.05, 4.69) is 27.2 Å². The van der Waals surface area contributed by atoms with Crippen LogP contribution in [0.5, 0.6) is 17.2 Å². The molecule has 1 aromatic carbocycles. The molecule has 1 saturated heterocycles. The molecule has 2 heterocycles. The van der Waals surface area contributed by atoms with Crippen LogP contribution in [-0.4, -0.2) is 81.5 Å². The third-order valence-electron chi connectivity index (χ3n) is 5.32. The van der Waals surface area contributed by atoms with Gasteiger partial charge in [-0.2, -0.15) is 0 Å². The first-order valence-corrected chi connectivity index (χ1v) is 10.6. The van der Waals surface area contributed by atoms with Gasteiger partial charge in [-0.1, -0.05) is 5.16 Å². The van der Waals surface area contributed by atoms with Crippen molar-refractivity contribution < 1.29 is 18.7 Å². The summed E-state index contributed by atoms with van der Waals surface area (Å²) in [4.78, 5) is 9.56. The average Bonchev–Trinajstić information content (AvgIpc) is 3.32. The number of aromatic nitrogens is 1. The molecular formula is C22H34IN5O4. The van der Waals surface area contributed by atoms with Crippen molar-refractivity contribution in [1.29, 1.82) is 0 Å². The SMILES string of the molecule is CCNC(=NCCc1c(OC)cc(OC)cc1OC)N1CCN(Cc2ccon2)CC1.I. The molecule has 9 nitrogen and oxygen atoms in total. The zero-order chi connectivity index (χ0) is 22.1. The molecule has 1 aromatic heterocycles. The molecule has 3 rings (SSSR count). The summed E-state index contributed by atoms with van der Waals surface area (Å²) in [5, 5.41) is 7.43. The van der Waals surface area contributed by atoms with Crippen molar-refractivity contribution in [1.82, 2.24) is 20.3 Å². The Bertz CT molecular complexity index is 814. The molecule has 32 heavy (non-hydrogen) atoms. The molecule has 10 heteroatoms. The lowest BCUT2D eigenvalue weighted by Crippen LogP contribution is -2.52. The zero-order valence-corrected chi connectivity index (χ0v) is 21.6. The third kappa shape index (κ3) is 6.89. The second-order valence-electron chi connectivity index (χ2n) is 7.25. The molecule has 0 amide bonds. The Labute approximate surface area is 207 Å². The molecule has 1 N–H and O–H groups in total. The van der Waals surface area contributed by atoms with Crippen molar-refractivity contribution in [2.45, 2.75) is 19.9 Å². The summed E-state index contributed by atoms with van der Waals surface area (Å²) in [5.74, 6) is 3.14. The number of halogens is 1. The number of hydrogen-bond acceptors (Lipinski definition) is 7. The highest BCUT2D eigenvalue weighted by molar-refractivity contribution is 14.0. The van der Waals surface area contributed by atoms with E-state index in [1.165, 1.54) is 0 Å². The molecule has 1 fully saturated rings. The molecule has 0 spiro atoms. The summed E-state index contributed by atoms with van der Waals surface area (Å²) < 4.78 is 21.4. The Morgan fingerprint density at radius 1 is 1.09 bits per heavy atom. The topological polar surface area (TPSA) is 84.6 Å². The molecule has 2 aromatic rings. The van der Waals surface area contributed by atoms with Gasteiger partial charge in [-0.25, -0.2) is 0 Å². The quantitative estimate of drug-likeness (QED) is 0.285. The van der Waals surface area contributed by atoms with E-state index in [0.29, 0.717) is 18.7 Å². The first kappa shape index (κ1) is 26.0. The molecular weight excluding hydrogens is 525 g/mol. The van der Waals surface area contributed by atoms with Gasteiger partial charge in [0.25, 0.3) is 0 Å². The largest absolute Gasteiger partial charge is 0.496 e. The second-order valence-corrected chi connectivity index (χ2v) is 7.25. The summed E-state index contributed by atoms with van der Waals surface area (Å²) in [6.07, 6.45) is 2.33. The molecule has 0 radical (unpaired) electrons. The lowest BCUT2D eigenvalue weighted by atomic mass is 10.1. The first-order valence-electron chi connectivity index (χ1n) is 10.6. The zero-order valence-electron chi connectivity index (χ0n) is 19.3. The highest BCUT2D eigenvalue weighted by atomic mass is 127. The summed E-state index contributed by atoms with van der Waals surface area (Å²) in [6.45, 7) is 8.10. The lowest BCUT2D eigenvalue weighted by Gasteiger charge is -2.36. The van der Waals surface area contributed by atoms with Crippen LogP contribution in [0.2, 0.25) is 0 Å². The molecule has 0 atom stereocenters. The van der Waals surface area contributed by atoms with Crippen molar-refractivity contribution in [3.63, 3.8) is 0 Å². The van der Waals surface area contributed by atoms with E-state index in [0.717, 1.165) is 68.0 Å². The molecule has 0 aliphatic carbocycles. The van der Waals surface area contributed by atoms with Crippen molar-refractivity contribution in [3.8, 4) is 17.2 Å². The first-order chi connectivity index (χ1) is 15.2. The number of benzene rings is 1. The van der Waals surface area contributed by atoms with Crippen LogP contribution in [0.3, 0.4) is 0 Å². The fraction of sp³-hybridized carbons (Fsp3) is 0.545. The Morgan fingerprint density at radius 2 is 1.78 bits per heavy atom. The summed E-state index contributed by atoms with van der Waals surface area (Å²) in [7, 11) is 4.94. The minimum atomic E-state index is 0. The Morgan fingerprint density at radius 3 is 2.31 bits per heavy atom.